The molecule has 2 aromatic carbocycles. The van der Waals surface area contributed by atoms with Crippen LogP contribution in [-0.2, 0) is 0 Å². The molecule has 0 aliphatic heterocycles. The third-order valence-corrected chi connectivity index (χ3v) is 3.22. The van der Waals surface area contributed by atoms with E-state index in [-0.39, 0.29) is 4.90 Å². The Balaban J connectivity index is 2.22. The summed E-state index contributed by atoms with van der Waals surface area (Å²) in [6, 6.07) is 10.6. The molecule has 1 nitrogen and oxygen atoms in total. The molecule has 0 N–H and O–H groups in total. The largest absolute Gasteiger partial charge is 0.497 e. The molecule has 0 atom stereocenters. The van der Waals surface area contributed by atoms with E-state index in [1.54, 1.807) is 31.4 Å². The lowest BCUT2D eigenvalue weighted by Gasteiger charge is -2.04. The molecule has 17 heavy (non-hydrogen) atoms. The van der Waals surface area contributed by atoms with E-state index in [1.807, 2.05) is 0 Å². The minimum Gasteiger partial charge on any atom is -0.497 e. The third-order valence-electron chi connectivity index (χ3n) is 2.18. The molecule has 0 fully saturated rings. The van der Waals surface area contributed by atoms with Gasteiger partial charge in [0.2, 0.25) is 0 Å². The molecule has 0 saturated heterocycles. The van der Waals surface area contributed by atoms with Crippen LogP contribution in [0.15, 0.2) is 52.3 Å². The summed E-state index contributed by atoms with van der Waals surface area (Å²) < 4.78 is 31.4. The van der Waals surface area contributed by atoms with Gasteiger partial charge in [0.25, 0.3) is 0 Å². The number of halogens is 2. The fraction of sp³-hybridized carbons (Fsp3) is 0.0769. The summed E-state index contributed by atoms with van der Waals surface area (Å²) in [6.07, 6.45) is 0. The van der Waals surface area contributed by atoms with Gasteiger partial charge >= 0.3 is 0 Å². The maximum absolute atomic E-state index is 13.4. The monoisotopic (exact) mass is 252 g/mol. The Labute approximate surface area is 102 Å². The fourth-order valence-electron chi connectivity index (χ4n) is 1.33. The second kappa shape index (κ2) is 5.19. The van der Waals surface area contributed by atoms with Gasteiger partial charge in [0, 0.05) is 4.90 Å². The summed E-state index contributed by atoms with van der Waals surface area (Å²) in [5.74, 6) is -0.135. The molecule has 88 valence electrons. The van der Waals surface area contributed by atoms with Crippen molar-refractivity contribution < 1.29 is 13.5 Å². The molecular formula is C13H10F2OS. The normalized spacial score (nSPS) is 10.3. The lowest BCUT2D eigenvalue weighted by Crippen LogP contribution is -1.84. The van der Waals surface area contributed by atoms with Crippen LogP contribution in [0.3, 0.4) is 0 Å². The van der Waals surface area contributed by atoms with Gasteiger partial charge in [-0.2, -0.15) is 0 Å². The van der Waals surface area contributed by atoms with Crippen molar-refractivity contribution in [3.05, 3.63) is 54.1 Å². The number of ether oxygens (including phenoxy) is 1. The Morgan fingerprint density at radius 3 is 2.35 bits per heavy atom. The fourth-order valence-corrected chi connectivity index (χ4v) is 2.19. The van der Waals surface area contributed by atoms with Crippen LogP contribution in [0.2, 0.25) is 0 Å². The summed E-state index contributed by atoms with van der Waals surface area (Å²) >= 11 is 1.18. The number of benzene rings is 2. The number of hydrogen-bond acceptors (Lipinski definition) is 2. The molecule has 2 rings (SSSR count). The van der Waals surface area contributed by atoms with E-state index in [0.717, 1.165) is 22.8 Å². The van der Waals surface area contributed by atoms with Gasteiger partial charge in [-0.3, -0.25) is 0 Å². The second-order valence-corrected chi connectivity index (χ2v) is 4.47. The third kappa shape index (κ3) is 2.97. The van der Waals surface area contributed by atoms with Crippen LogP contribution in [0.1, 0.15) is 0 Å². The lowest BCUT2D eigenvalue weighted by atomic mass is 10.3. The molecule has 0 heterocycles. The highest BCUT2D eigenvalue weighted by Crippen LogP contribution is 2.31. The SMILES string of the molecule is COc1ccc(Sc2cc(F)ccc2F)cc1. The van der Waals surface area contributed by atoms with Gasteiger partial charge in [-0.25, -0.2) is 8.78 Å². The molecule has 0 unspecified atom stereocenters. The predicted octanol–water partition coefficient (Wildman–Crippen LogP) is 4.12. The van der Waals surface area contributed by atoms with Gasteiger partial charge in [0.1, 0.15) is 17.4 Å². The zero-order chi connectivity index (χ0) is 12.3. The molecule has 0 radical (unpaired) electrons. The van der Waals surface area contributed by atoms with Crippen molar-refractivity contribution in [2.75, 3.05) is 7.11 Å². The van der Waals surface area contributed by atoms with Crippen molar-refractivity contribution in [1.82, 2.24) is 0 Å². The highest BCUT2D eigenvalue weighted by Gasteiger charge is 2.05. The summed E-state index contributed by atoms with van der Waals surface area (Å²) in [5.41, 5.74) is 0. The smallest absolute Gasteiger partial charge is 0.137 e. The minimum absolute atomic E-state index is 0.273. The van der Waals surface area contributed by atoms with E-state index in [1.165, 1.54) is 17.8 Å². The van der Waals surface area contributed by atoms with Crippen LogP contribution in [-0.4, -0.2) is 7.11 Å². The van der Waals surface area contributed by atoms with Crippen molar-refractivity contribution in [3.63, 3.8) is 0 Å². The summed E-state index contributed by atoms with van der Waals surface area (Å²) in [5, 5.41) is 0. The van der Waals surface area contributed by atoms with Gasteiger partial charge in [-0.1, -0.05) is 11.8 Å². The Hall–Kier alpha value is -1.55. The van der Waals surface area contributed by atoms with Gasteiger partial charge in [0.05, 0.1) is 12.0 Å². The van der Waals surface area contributed by atoms with Crippen LogP contribution < -0.4 is 4.74 Å². The van der Waals surface area contributed by atoms with Crippen molar-refractivity contribution in [2.45, 2.75) is 9.79 Å². The Morgan fingerprint density at radius 1 is 1.00 bits per heavy atom. The van der Waals surface area contributed by atoms with E-state index in [9.17, 15) is 8.78 Å². The Bertz CT molecular complexity index is 511. The maximum atomic E-state index is 13.4. The Morgan fingerprint density at radius 2 is 1.71 bits per heavy atom. The van der Waals surface area contributed by atoms with E-state index >= 15 is 0 Å². The Kier molecular flexibility index (Phi) is 3.64. The molecular weight excluding hydrogens is 242 g/mol. The zero-order valence-corrected chi connectivity index (χ0v) is 9.93. The first-order chi connectivity index (χ1) is 8.19. The first-order valence-corrected chi connectivity index (χ1v) is 5.77. The van der Waals surface area contributed by atoms with Gasteiger partial charge < -0.3 is 4.74 Å². The highest BCUT2D eigenvalue weighted by atomic mass is 32.2. The van der Waals surface area contributed by atoms with Gasteiger partial charge in [0.15, 0.2) is 0 Å². The molecule has 4 heteroatoms. The zero-order valence-electron chi connectivity index (χ0n) is 9.11. The van der Waals surface area contributed by atoms with Crippen LogP contribution >= 0.6 is 11.8 Å². The summed E-state index contributed by atoms with van der Waals surface area (Å²) in [4.78, 5) is 1.10. The van der Waals surface area contributed by atoms with Crippen LogP contribution in [0.25, 0.3) is 0 Å². The summed E-state index contributed by atoms with van der Waals surface area (Å²) in [6.45, 7) is 0. The quantitative estimate of drug-likeness (QED) is 0.812. The van der Waals surface area contributed by atoms with Crippen LogP contribution in [0.4, 0.5) is 8.78 Å². The second-order valence-electron chi connectivity index (χ2n) is 3.35. The molecule has 0 aliphatic rings. The van der Waals surface area contributed by atoms with Crippen LogP contribution in [0.5, 0.6) is 5.75 Å². The average molecular weight is 252 g/mol. The number of rotatable bonds is 3. The minimum atomic E-state index is -0.442. The topological polar surface area (TPSA) is 9.23 Å². The standard InChI is InChI=1S/C13H10F2OS/c1-16-10-3-5-11(6-4-10)17-13-8-9(14)2-7-12(13)15/h2-8H,1H3. The molecule has 0 aromatic heterocycles. The van der Waals surface area contributed by atoms with Crippen molar-refractivity contribution >= 4 is 11.8 Å². The summed E-state index contributed by atoms with van der Waals surface area (Å²) in [7, 11) is 1.58. The lowest BCUT2D eigenvalue weighted by molar-refractivity contribution is 0.414. The van der Waals surface area contributed by atoms with E-state index in [2.05, 4.69) is 0 Å². The van der Waals surface area contributed by atoms with Crippen molar-refractivity contribution in [2.24, 2.45) is 0 Å². The van der Waals surface area contributed by atoms with E-state index < -0.39 is 11.6 Å². The molecule has 0 spiro atoms. The molecule has 0 bridgehead atoms. The van der Waals surface area contributed by atoms with Gasteiger partial charge in [-0.15, -0.1) is 0 Å². The molecule has 0 amide bonds. The highest BCUT2D eigenvalue weighted by molar-refractivity contribution is 7.99. The average Bonchev–Trinajstić information content (AvgIpc) is 2.35. The van der Waals surface area contributed by atoms with Gasteiger partial charge in [-0.05, 0) is 42.5 Å². The van der Waals surface area contributed by atoms with Crippen molar-refractivity contribution in [3.8, 4) is 5.75 Å². The van der Waals surface area contributed by atoms with Crippen molar-refractivity contribution in [1.29, 1.82) is 0 Å². The molecule has 0 aliphatic carbocycles. The number of hydrogen-bond donors (Lipinski definition) is 0. The molecule has 2 aromatic rings. The first kappa shape index (κ1) is 11.9. The molecule has 0 saturated carbocycles. The van der Waals surface area contributed by atoms with Crippen LogP contribution in [0, 0.1) is 11.6 Å². The maximum Gasteiger partial charge on any atom is 0.137 e. The predicted molar refractivity (Wildman–Crippen MR) is 63.5 cm³/mol. The van der Waals surface area contributed by atoms with E-state index in [0.29, 0.717) is 0 Å². The van der Waals surface area contributed by atoms with E-state index in [4.69, 9.17) is 4.74 Å². The first-order valence-electron chi connectivity index (χ1n) is 4.96. The number of methoxy groups -OCH3 is 1.